The maximum atomic E-state index is 10.9. The van der Waals surface area contributed by atoms with Crippen LogP contribution in [0.25, 0.3) is 0 Å². The molecule has 3 fully saturated rings. The van der Waals surface area contributed by atoms with E-state index in [0.29, 0.717) is 23.9 Å². The molecule has 3 aliphatic heterocycles. The second-order valence-corrected chi connectivity index (χ2v) is 13.8. The molecule has 3 saturated heterocycles. The van der Waals surface area contributed by atoms with Gasteiger partial charge in [0.05, 0.1) is 36.6 Å². The molecule has 0 aromatic carbocycles. The SMILES string of the molecule is C=C([C@H](C)C[C@@H](O)CC[C@@H]1O[C@@H](CCCC)CC1=C)[C@H](C)C[C@@H]1O[C@H](C[C@H]2CN(C)C(C)(C)O2)[C@H](C)[C@H]1CC. The lowest BCUT2D eigenvalue weighted by atomic mass is 9.79. The molecule has 226 valence electrons. The lowest BCUT2D eigenvalue weighted by Gasteiger charge is -2.27. The molecule has 0 bridgehead atoms. The third-order valence-corrected chi connectivity index (χ3v) is 10.3. The van der Waals surface area contributed by atoms with Gasteiger partial charge in [-0.05, 0) is 88.7 Å². The van der Waals surface area contributed by atoms with Crippen molar-refractivity contribution in [3.63, 3.8) is 0 Å². The molecule has 39 heavy (non-hydrogen) atoms. The first kappa shape index (κ1) is 32.8. The molecule has 3 heterocycles. The monoisotopic (exact) mass is 547 g/mol. The molecular weight excluding hydrogens is 486 g/mol. The number of hydrogen-bond acceptors (Lipinski definition) is 5. The molecule has 0 amide bonds. The van der Waals surface area contributed by atoms with Crippen LogP contribution in [0.2, 0.25) is 0 Å². The van der Waals surface area contributed by atoms with Crippen molar-refractivity contribution in [2.45, 2.75) is 155 Å². The summed E-state index contributed by atoms with van der Waals surface area (Å²) in [5.74, 6) is 1.74. The van der Waals surface area contributed by atoms with Gasteiger partial charge in [0.1, 0.15) is 5.72 Å². The topological polar surface area (TPSA) is 51.2 Å². The molecular formula is C34H61NO4. The Bertz CT molecular complexity index is 796. The van der Waals surface area contributed by atoms with Crippen LogP contribution < -0.4 is 0 Å². The van der Waals surface area contributed by atoms with E-state index in [9.17, 15) is 5.11 Å². The number of aliphatic hydroxyl groups excluding tert-OH is 1. The summed E-state index contributed by atoms with van der Waals surface area (Å²) in [5, 5.41) is 10.9. The zero-order valence-electron chi connectivity index (χ0n) is 26.6. The van der Waals surface area contributed by atoms with Gasteiger partial charge in [0.15, 0.2) is 0 Å². The van der Waals surface area contributed by atoms with Crippen LogP contribution in [0.4, 0.5) is 0 Å². The predicted molar refractivity (Wildman–Crippen MR) is 162 cm³/mol. The standard InChI is InChI=1S/C34H61NO4/c1-11-13-14-28-18-24(5)31(37-28)16-15-27(36)17-22(3)25(6)23(4)19-33-30(12-2)26(7)32(38-33)20-29-21-35(10)34(8,9)39-29/h22-23,26-33,36H,5-6,11-21H2,1-4,7-10H3/t22-,23-,26-,27+,28+,29+,30-,31+,32-,33+/m1/s1. The highest BCUT2D eigenvalue weighted by Crippen LogP contribution is 2.42. The zero-order valence-corrected chi connectivity index (χ0v) is 26.6. The van der Waals surface area contributed by atoms with Crippen molar-refractivity contribution in [1.29, 1.82) is 0 Å². The molecule has 5 nitrogen and oxygen atoms in total. The Morgan fingerprint density at radius 2 is 1.82 bits per heavy atom. The molecule has 3 rings (SSSR count). The Balaban J connectivity index is 1.44. The van der Waals surface area contributed by atoms with Crippen LogP contribution in [0.5, 0.6) is 0 Å². The van der Waals surface area contributed by atoms with Crippen molar-refractivity contribution < 1.29 is 19.3 Å². The summed E-state index contributed by atoms with van der Waals surface area (Å²) in [5.41, 5.74) is 2.25. The van der Waals surface area contributed by atoms with Gasteiger partial charge in [0, 0.05) is 13.0 Å². The van der Waals surface area contributed by atoms with Crippen molar-refractivity contribution in [3.05, 3.63) is 24.3 Å². The molecule has 0 aromatic rings. The summed E-state index contributed by atoms with van der Waals surface area (Å²) in [6, 6.07) is 0. The van der Waals surface area contributed by atoms with Crippen LogP contribution in [0.1, 0.15) is 113 Å². The zero-order chi connectivity index (χ0) is 28.9. The summed E-state index contributed by atoms with van der Waals surface area (Å²) >= 11 is 0. The van der Waals surface area contributed by atoms with Crippen molar-refractivity contribution in [2.75, 3.05) is 13.6 Å². The highest BCUT2D eigenvalue weighted by molar-refractivity contribution is 5.10. The molecule has 0 saturated carbocycles. The highest BCUT2D eigenvalue weighted by Gasteiger charge is 2.45. The molecule has 3 aliphatic rings. The Morgan fingerprint density at radius 3 is 2.44 bits per heavy atom. The van der Waals surface area contributed by atoms with Gasteiger partial charge in [-0.2, -0.15) is 0 Å². The Labute approximate surface area is 240 Å². The van der Waals surface area contributed by atoms with Gasteiger partial charge in [0.2, 0.25) is 0 Å². The predicted octanol–water partition coefficient (Wildman–Crippen LogP) is 7.53. The Hall–Kier alpha value is -0.720. The number of allylic oxidation sites excluding steroid dienone is 1. The average Bonchev–Trinajstić information content (AvgIpc) is 3.46. The fourth-order valence-electron chi connectivity index (χ4n) is 7.32. The Morgan fingerprint density at radius 1 is 1.10 bits per heavy atom. The number of ether oxygens (including phenoxy) is 3. The first-order valence-corrected chi connectivity index (χ1v) is 16.1. The fourth-order valence-corrected chi connectivity index (χ4v) is 7.32. The van der Waals surface area contributed by atoms with E-state index in [-0.39, 0.29) is 42.2 Å². The van der Waals surface area contributed by atoms with Gasteiger partial charge in [-0.25, -0.2) is 0 Å². The third-order valence-electron chi connectivity index (χ3n) is 10.3. The highest BCUT2D eigenvalue weighted by atomic mass is 16.5. The minimum atomic E-state index is -0.334. The summed E-state index contributed by atoms with van der Waals surface area (Å²) < 4.78 is 19.3. The van der Waals surface area contributed by atoms with E-state index < -0.39 is 0 Å². The normalized spacial score (nSPS) is 35.4. The molecule has 1 N–H and O–H groups in total. The minimum absolute atomic E-state index is 0.112. The van der Waals surface area contributed by atoms with Crippen molar-refractivity contribution >= 4 is 0 Å². The molecule has 0 radical (unpaired) electrons. The second kappa shape index (κ2) is 14.4. The number of aliphatic hydroxyl groups is 1. The fraction of sp³-hybridized carbons (Fsp3) is 0.882. The largest absolute Gasteiger partial charge is 0.393 e. The maximum Gasteiger partial charge on any atom is 0.116 e. The van der Waals surface area contributed by atoms with Gasteiger partial charge < -0.3 is 19.3 Å². The van der Waals surface area contributed by atoms with Crippen LogP contribution >= 0.6 is 0 Å². The number of rotatable bonds is 15. The van der Waals surface area contributed by atoms with E-state index in [2.05, 4.69) is 73.6 Å². The first-order chi connectivity index (χ1) is 18.4. The maximum absolute atomic E-state index is 10.9. The number of nitrogens with zero attached hydrogens (tertiary/aromatic N) is 1. The number of unbranched alkanes of at least 4 members (excludes halogenated alkanes) is 1. The first-order valence-electron chi connectivity index (χ1n) is 16.1. The lowest BCUT2D eigenvalue weighted by molar-refractivity contribution is -0.0836. The van der Waals surface area contributed by atoms with E-state index in [1.165, 1.54) is 24.0 Å². The van der Waals surface area contributed by atoms with E-state index in [4.69, 9.17) is 14.2 Å². The molecule has 0 aromatic heterocycles. The van der Waals surface area contributed by atoms with Crippen molar-refractivity contribution in [2.24, 2.45) is 23.7 Å². The molecule has 0 spiro atoms. The van der Waals surface area contributed by atoms with E-state index >= 15 is 0 Å². The van der Waals surface area contributed by atoms with Gasteiger partial charge in [-0.3, -0.25) is 4.90 Å². The molecule has 0 unspecified atom stereocenters. The van der Waals surface area contributed by atoms with Gasteiger partial charge in [-0.15, -0.1) is 0 Å². The molecule has 5 heteroatoms. The molecule has 0 aliphatic carbocycles. The van der Waals surface area contributed by atoms with Crippen LogP contribution in [-0.4, -0.2) is 65.9 Å². The van der Waals surface area contributed by atoms with Crippen LogP contribution in [-0.2, 0) is 14.2 Å². The van der Waals surface area contributed by atoms with E-state index in [0.717, 1.165) is 57.9 Å². The van der Waals surface area contributed by atoms with Crippen LogP contribution in [0.3, 0.4) is 0 Å². The summed E-state index contributed by atoms with van der Waals surface area (Å²) in [7, 11) is 2.14. The Kier molecular flexibility index (Phi) is 12.1. The average molecular weight is 548 g/mol. The van der Waals surface area contributed by atoms with E-state index in [1.54, 1.807) is 0 Å². The van der Waals surface area contributed by atoms with Gasteiger partial charge >= 0.3 is 0 Å². The quantitative estimate of drug-likeness (QED) is 0.215. The molecule has 10 atom stereocenters. The number of likely N-dealkylation sites (N-methyl/N-ethyl adjacent to an activating group) is 1. The summed E-state index contributed by atoms with van der Waals surface area (Å²) in [6.07, 6.45) is 10.9. The summed E-state index contributed by atoms with van der Waals surface area (Å²) in [6.45, 7) is 25.4. The van der Waals surface area contributed by atoms with Gasteiger partial charge in [0.25, 0.3) is 0 Å². The second-order valence-electron chi connectivity index (χ2n) is 13.8. The van der Waals surface area contributed by atoms with Crippen molar-refractivity contribution in [3.8, 4) is 0 Å². The van der Waals surface area contributed by atoms with E-state index in [1.807, 2.05) is 0 Å². The lowest BCUT2D eigenvalue weighted by Crippen LogP contribution is -2.35. The van der Waals surface area contributed by atoms with Gasteiger partial charge in [-0.1, -0.05) is 72.6 Å². The smallest absolute Gasteiger partial charge is 0.116 e. The summed E-state index contributed by atoms with van der Waals surface area (Å²) in [4.78, 5) is 2.30. The van der Waals surface area contributed by atoms with Crippen LogP contribution in [0.15, 0.2) is 24.3 Å². The third kappa shape index (κ3) is 8.64. The minimum Gasteiger partial charge on any atom is -0.393 e. The number of hydrogen-bond donors (Lipinski definition) is 1. The van der Waals surface area contributed by atoms with Crippen molar-refractivity contribution in [1.82, 2.24) is 4.90 Å². The van der Waals surface area contributed by atoms with Crippen LogP contribution in [0, 0.1) is 23.7 Å².